The van der Waals surface area contributed by atoms with E-state index in [0.29, 0.717) is 52.8 Å². The van der Waals surface area contributed by atoms with E-state index in [1.54, 1.807) is 38.3 Å². The summed E-state index contributed by atoms with van der Waals surface area (Å²) in [5.41, 5.74) is 4.73. The van der Waals surface area contributed by atoms with Crippen LogP contribution in [0.1, 0.15) is 66.4 Å². The van der Waals surface area contributed by atoms with E-state index in [0.717, 1.165) is 54.0 Å². The molecule has 0 fully saturated rings. The first-order chi connectivity index (χ1) is 29.8. The number of carbonyl (C=O) groups is 4. The predicted molar refractivity (Wildman–Crippen MR) is 240 cm³/mol. The van der Waals surface area contributed by atoms with Crippen molar-refractivity contribution in [2.45, 2.75) is 44.7 Å². The first-order valence-corrected chi connectivity index (χ1v) is 22.2. The van der Waals surface area contributed by atoms with Gasteiger partial charge < -0.3 is 19.5 Å². The maximum absolute atomic E-state index is 14.3. The normalized spacial score (nSPS) is 15.2. The number of rotatable bonds is 15. The highest BCUT2D eigenvalue weighted by atomic mass is 32.2. The second-order valence-electron chi connectivity index (χ2n) is 16.2. The minimum Gasteiger partial charge on any atom is -0.384 e. The molecule has 1 N–H and O–H groups in total. The van der Waals surface area contributed by atoms with Crippen LogP contribution in [-0.4, -0.2) is 94.9 Å². The Bertz CT molecular complexity index is 2970. The van der Waals surface area contributed by atoms with Gasteiger partial charge in [0.25, 0.3) is 23.6 Å². The van der Waals surface area contributed by atoms with Gasteiger partial charge in [0.05, 0.1) is 54.9 Å². The van der Waals surface area contributed by atoms with Crippen molar-refractivity contribution in [2.24, 2.45) is 0 Å². The number of sulfone groups is 1. The number of nitrogens with zero attached hydrogens (tertiary/aromatic N) is 2. The van der Waals surface area contributed by atoms with E-state index in [4.69, 9.17) is 14.2 Å². The van der Waals surface area contributed by atoms with Crippen LogP contribution in [0, 0.1) is 13.8 Å². The number of amides is 4. The predicted octanol–water partition coefficient (Wildman–Crippen LogP) is 8.09. The number of anilines is 2. The van der Waals surface area contributed by atoms with Gasteiger partial charge in [0.15, 0.2) is 9.84 Å². The second-order valence-corrected chi connectivity index (χ2v) is 18.4. The van der Waals surface area contributed by atoms with Crippen molar-refractivity contribution in [3.8, 4) is 0 Å². The highest BCUT2D eigenvalue weighted by Crippen LogP contribution is 2.46. The van der Waals surface area contributed by atoms with Crippen LogP contribution in [-0.2, 0) is 24.0 Å². The van der Waals surface area contributed by atoms with Gasteiger partial charge in [0, 0.05) is 52.4 Å². The van der Waals surface area contributed by atoms with Crippen LogP contribution in [0.5, 0.6) is 0 Å². The van der Waals surface area contributed by atoms with Crippen molar-refractivity contribution in [1.29, 1.82) is 0 Å². The summed E-state index contributed by atoms with van der Waals surface area (Å²) < 4.78 is 43.2. The molecule has 2 heterocycles. The summed E-state index contributed by atoms with van der Waals surface area (Å²) in [6.07, 6.45) is -0.258. The molecular formula is C49H45N3O9S. The molecule has 2 aliphatic heterocycles. The number of fused-ring (bicyclic) bond motifs is 2. The fourth-order valence-corrected chi connectivity index (χ4v) is 10.2. The Labute approximate surface area is 358 Å². The molecule has 2 aliphatic rings. The van der Waals surface area contributed by atoms with Crippen LogP contribution >= 0.6 is 0 Å². The molecular weight excluding hydrogens is 807 g/mol. The quantitative estimate of drug-likeness (QED) is 0.0465. The third-order valence-electron chi connectivity index (χ3n) is 11.9. The van der Waals surface area contributed by atoms with Crippen molar-refractivity contribution < 1.29 is 41.8 Å². The van der Waals surface area contributed by atoms with E-state index in [9.17, 15) is 27.6 Å². The van der Waals surface area contributed by atoms with Gasteiger partial charge in [-0.05, 0) is 132 Å². The van der Waals surface area contributed by atoms with E-state index in [2.05, 4.69) is 5.32 Å². The molecule has 0 saturated heterocycles. The lowest BCUT2D eigenvalue weighted by molar-refractivity contribution is -0.0312. The van der Waals surface area contributed by atoms with Crippen molar-refractivity contribution in [2.75, 3.05) is 56.1 Å². The molecule has 2 atom stereocenters. The molecule has 62 heavy (non-hydrogen) atoms. The maximum atomic E-state index is 14.3. The van der Waals surface area contributed by atoms with Gasteiger partial charge in [0.2, 0.25) is 0 Å². The van der Waals surface area contributed by atoms with Gasteiger partial charge in [-0.1, -0.05) is 30.3 Å². The summed E-state index contributed by atoms with van der Waals surface area (Å²) in [7, 11) is -2.08. The first kappa shape index (κ1) is 41.1. The van der Waals surface area contributed by atoms with E-state index < -0.39 is 39.5 Å². The molecule has 0 saturated carbocycles. The van der Waals surface area contributed by atoms with Crippen LogP contribution in [0.15, 0.2) is 95.9 Å². The summed E-state index contributed by atoms with van der Waals surface area (Å²) in [6, 6.07) is 25.6. The Balaban J connectivity index is 1.01. The van der Waals surface area contributed by atoms with Crippen molar-refractivity contribution in [1.82, 2.24) is 4.90 Å². The maximum Gasteiger partial charge on any atom is 0.265 e. The number of methoxy groups -OCH3 is 1. The average molecular weight is 852 g/mol. The van der Waals surface area contributed by atoms with Gasteiger partial charge in [-0.2, -0.15) is 0 Å². The fourth-order valence-electron chi connectivity index (χ4n) is 9.07. The molecule has 13 heteroatoms. The molecule has 316 valence electrons. The van der Waals surface area contributed by atoms with Crippen LogP contribution in [0.4, 0.5) is 11.4 Å². The molecule has 9 rings (SSSR count). The van der Waals surface area contributed by atoms with Gasteiger partial charge in [-0.15, -0.1) is 0 Å². The number of carbonyl (C=O) groups excluding carboxylic acids is 4. The number of imide groups is 2. The number of aryl methyl sites for hydroxylation is 2. The molecule has 2 unspecified atom stereocenters. The van der Waals surface area contributed by atoms with Crippen molar-refractivity contribution >= 4 is 87.9 Å². The number of benzene rings is 7. The Morgan fingerprint density at radius 1 is 0.613 bits per heavy atom. The Morgan fingerprint density at radius 2 is 1.11 bits per heavy atom. The first-order valence-electron chi connectivity index (χ1n) is 20.6. The monoisotopic (exact) mass is 851 g/mol. The van der Waals surface area contributed by atoms with Crippen molar-refractivity contribution in [3.05, 3.63) is 124 Å². The van der Waals surface area contributed by atoms with Crippen LogP contribution in [0.3, 0.4) is 0 Å². The third kappa shape index (κ3) is 6.85. The zero-order valence-electron chi connectivity index (χ0n) is 35.0. The molecule has 0 aliphatic carbocycles. The largest absolute Gasteiger partial charge is 0.384 e. The molecule has 7 aromatic rings. The lowest BCUT2D eigenvalue weighted by atomic mass is 9.82. The number of ether oxygens (including phenoxy) is 3. The van der Waals surface area contributed by atoms with Crippen LogP contribution in [0.25, 0.3) is 43.1 Å². The highest BCUT2D eigenvalue weighted by molar-refractivity contribution is 7.91. The minimum atomic E-state index is -3.68. The van der Waals surface area contributed by atoms with Gasteiger partial charge in [-0.25, -0.2) is 13.3 Å². The minimum absolute atomic E-state index is 0.0861. The highest BCUT2D eigenvalue weighted by Gasteiger charge is 2.39. The third-order valence-corrected chi connectivity index (χ3v) is 13.6. The lowest BCUT2D eigenvalue weighted by Gasteiger charge is -2.33. The van der Waals surface area contributed by atoms with Crippen molar-refractivity contribution in [3.63, 3.8) is 0 Å². The average Bonchev–Trinajstić information content (AvgIpc) is 3.24. The zero-order chi connectivity index (χ0) is 43.6. The Kier molecular flexibility index (Phi) is 10.5. The molecule has 0 spiro atoms. The number of hydrogen-bond acceptors (Lipinski definition) is 10. The van der Waals surface area contributed by atoms with E-state index in [1.165, 1.54) is 29.2 Å². The van der Waals surface area contributed by atoms with Gasteiger partial charge in [-0.3, -0.25) is 24.1 Å². The zero-order valence-corrected chi connectivity index (χ0v) is 35.9. The Morgan fingerprint density at radius 3 is 1.61 bits per heavy atom. The topological polar surface area (TPSA) is 149 Å². The van der Waals surface area contributed by atoms with E-state index in [1.807, 2.05) is 63.2 Å². The fraction of sp³-hybridized carbons (Fsp3) is 0.265. The van der Waals surface area contributed by atoms with Gasteiger partial charge >= 0.3 is 0 Å². The number of nitrogens with one attached hydrogen (secondary N) is 1. The summed E-state index contributed by atoms with van der Waals surface area (Å²) in [6.45, 7) is 9.22. The van der Waals surface area contributed by atoms with Gasteiger partial charge in [0.1, 0.15) is 0 Å². The second kappa shape index (κ2) is 15.9. The summed E-state index contributed by atoms with van der Waals surface area (Å²) in [5, 5.41) is 8.89. The van der Waals surface area contributed by atoms with Crippen LogP contribution < -0.4 is 10.2 Å². The van der Waals surface area contributed by atoms with Crippen LogP contribution in [0.2, 0.25) is 0 Å². The molecule has 0 bridgehead atoms. The lowest BCUT2D eigenvalue weighted by Crippen LogP contribution is -2.48. The standard InChI is InChI=1S/C49H45N3O9S/c1-27-22-28(2)24-31(23-27)50-18-21-62(57,58)33-8-6-32(7-9-33)52-48(55)40-16-12-36-34-10-14-38-44-39(15-11-35(42(34)44)37-13-17-41(49(52)56)45(40)43(36)37)47(54)51(46(38)53)29(3)25-61-30(4)26-60-20-19-59-5/h6-17,22-24,29-30,50H,18-21,25-26H2,1-5H3. The SMILES string of the molecule is COCCOCC(C)OCC(C)N1C(=O)c2ccc3c4ccc5c6c(ccc(c7ccc(c2c37)C1=O)c64)C(=O)N(c1ccc(S(=O)(=O)CCNc2cc(C)cc(C)c2)cc1)C5=O. The molecule has 4 amide bonds. The molecule has 7 aromatic carbocycles. The number of hydrogen-bond donors (Lipinski definition) is 1. The van der Waals surface area contributed by atoms with E-state index in [-0.39, 0.29) is 35.6 Å². The summed E-state index contributed by atoms with van der Waals surface area (Å²) in [5.74, 6) is -2.02. The van der Waals surface area contributed by atoms with E-state index >= 15 is 0 Å². The summed E-state index contributed by atoms with van der Waals surface area (Å²) in [4.78, 5) is 59.3. The molecule has 0 aromatic heterocycles. The molecule has 0 radical (unpaired) electrons. The summed E-state index contributed by atoms with van der Waals surface area (Å²) >= 11 is 0. The Hall–Kier alpha value is -6.25. The smallest absolute Gasteiger partial charge is 0.265 e. The molecule has 12 nitrogen and oxygen atoms in total.